The Morgan fingerprint density at radius 3 is 1.34 bits per heavy atom. The van der Waals surface area contributed by atoms with Gasteiger partial charge in [-0.2, -0.15) is 0 Å². The first-order valence-corrected chi connectivity index (χ1v) is 11.8. The normalized spacial score (nSPS) is 11.1. The van der Waals surface area contributed by atoms with Gasteiger partial charge in [-0.3, -0.25) is 0 Å². The van der Waals surface area contributed by atoms with Crippen LogP contribution >= 0.6 is 8.38 Å². The quantitative estimate of drug-likeness (QED) is 0.232. The summed E-state index contributed by atoms with van der Waals surface area (Å²) in [6.07, 6.45) is 6.59. The summed E-state index contributed by atoms with van der Waals surface area (Å²) in [5.41, 5.74) is 2.79. The molecule has 2 nitrogen and oxygen atoms in total. The molecule has 3 rings (SSSR count). The summed E-state index contributed by atoms with van der Waals surface area (Å²) in [5, 5.41) is 1.16. The van der Waals surface area contributed by atoms with Crippen LogP contribution in [0.5, 0.6) is 0 Å². The van der Waals surface area contributed by atoms with Gasteiger partial charge in [-0.25, -0.2) is 0 Å². The lowest BCUT2D eigenvalue weighted by atomic mass is 10.1. The van der Waals surface area contributed by atoms with E-state index in [4.69, 9.17) is 9.05 Å². The molecule has 0 unspecified atom stereocenters. The molecule has 0 fully saturated rings. The number of rotatable bonds is 13. The van der Waals surface area contributed by atoms with Crippen LogP contribution in [0.4, 0.5) is 0 Å². The summed E-state index contributed by atoms with van der Waals surface area (Å²) in [7, 11) is -0.998. The summed E-state index contributed by atoms with van der Waals surface area (Å²) >= 11 is 0. The summed E-state index contributed by atoms with van der Waals surface area (Å²) in [5.74, 6) is 0. The van der Waals surface area contributed by atoms with E-state index in [1.807, 2.05) is 6.07 Å². The van der Waals surface area contributed by atoms with Gasteiger partial charge in [0.05, 0.1) is 13.2 Å². The lowest BCUT2D eigenvalue weighted by molar-refractivity contribution is 0.248. The molecule has 0 atom stereocenters. The van der Waals surface area contributed by atoms with Crippen LogP contribution in [0.2, 0.25) is 0 Å². The van der Waals surface area contributed by atoms with Gasteiger partial charge in [0.15, 0.2) is 0 Å². The molecule has 3 heteroatoms. The van der Waals surface area contributed by atoms with Gasteiger partial charge < -0.3 is 9.05 Å². The molecule has 0 saturated heterocycles. The molecule has 0 spiro atoms. The van der Waals surface area contributed by atoms with Crippen molar-refractivity contribution >= 4 is 13.7 Å². The standard InChI is InChI=1S/C26H31O2P/c1-4-14-24(15-5-1)18-10-12-22-27-29(26-20-8-3-9-21-26)28-23-13-11-19-25-16-6-2-7-17-25/h1-9,14-17,20-21H,10-13,18-19,22-23H2. The fraction of sp³-hybridized carbons (Fsp3) is 0.308. The van der Waals surface area contributed by atoms with E-state index in [0.717, 1.165) is 57.0 Å². The average Bonchev–Trinajstić information content (AvgIpc) is 2.79. The van der Waals surface area contributed by atoms with Crippen LogP contribution in [0.1, 0.15) is 36.8 Å². The van der Waals surface area contributed by atoms with Crippen LogP contribution in [0.25, 0.3) is 0 Å². The Morgan fingerprint density at radius 1 is 0.483 bits per heavy atom. The molecule has 29 heavy (non-hydrogen) atoms. The zero-order valence-corrected chi connectivity index (χ0v) is 18.0. The highest BCUT2D eigenvalue weighted by Crippen LogP contribution is 2.37. The number of hydrogen-bond donors (Lipinski definition) is 0. The molecule has 0 saturated carbocycles. The van der Waals surface area contributed by atoms with Crippen molar-refractivity contribution < 1.29 is 9.05 Å². The fourth-order valence-electron chi connectivity index (χ4n) is 3.18. The Labute approximate surface area is 176 Å². The lowest BCUT2D eigenvalue weighted by Gasteiger charge is -2.18. The van der Waals surface area contributed by atoms with E-state index in [1.165, 1.54) is 11.1 Å². The maximum Gasteiger partial charge on any atom is 0.205 e. The van der Waals surface area contributed by atoms with Crippen molar-refractivity contribution in [1.82, 2.24) is 0 Å². The molecule has 0 bridgehead atoms. The first kappa shape index (κ1) is 21.7. The Hall–Kier alpha value is -1.99. The third kappa shape index (κ3) is 8.50. The van der Waals surface area contributed by atoms with Crippen molar-refractivity contribution in [1.29, 1.82) is 0 Å². The molecule has 0 N–H and O–H groups in total. The predicted molar refractivity (Wildman–Crippen MR) is 124 cm³/mol. The van der Waals surface area contributed by atoms with Crippen molar-refractivity contribution in [3.63, 3.8) is 0 Å². The molecule has 3 aromatic carbocycles. The third-order valence-electron chi connectivity index (χ3n) is 4.79. The molecule has 152 valence electrons. The monoisotopic (exact) mass is 406 g/mol. The molecule has 0 aliphatic rings. The summed E-state index contributed by atoms with van der Waals surface area (Å²) in [4.78, 5) is 0. The third-order valence-corrected chi connectivity index (χ3v) is 6.34. The summed E-state index contributed by atoms with van der Waals surface area (Å²) in [6.45, 7) is 1.49. The van der Waals surface area contributed by atoms with E-state index < -0.39 is 8.38 Å². The topological polar surface area (TPSA) is 18.5 Å². The van der Waals surface area contributed by atoms with E-state index in [1.54, 1.807) is 0 Å². The highest BCUT2D eigenvalue weighted by Gasteiger charge is 2.13. The van der Waals surface area contributed by atoms with Crippen LogP contribution in [-0.4, -0.2) is 13.2 Å². The molecular weight excluding hydrogens is 375 g/mol. The van der Waals surface area contributed by atoms with Crippen LogP contribution in [0.15, 0.2) is 91.0 Å². The van der Waals surface area contributed by atoms with E-state index in [0.29, 0.717) is 0 Å². The number of aryl methyl sites for hydroxylation is 2. The molecule has 0 aliphatic carbocycles. The minimum atomic E-state index is -0.998. The number of hydrogen-bond acceptors (Lipinski definition) is 2. The van der Waals surface area contributed by atoms with Crippen LogP contribution in [-0.2, 0) is 21.9 Å². The van der Waals surface area contributed by atoms with Crippen molar-refractivity contribution in [2.75, 3.05) is 13.2 Å². The van der Waals surface area contributed by atoms with Crippen molar-refractivity contribution in [3.8, 4) is 0 Å². The minimum absolute atomic E-state index is 0.747. The number of unbranched alkanes of at least 4 members (excludes halogenated alkanes) is 2. The van der Waals surface area contributed by atoms with Gasteiger partial charge in [0.25, 0.3) is 0 Å². The second kappa shape index (κ2) is 13.3. The molecule has 0 aliphatic heterocycles. The first-order valence-electron chi connectivity index (χ1n) is 10.6. The zero-order valence-electron chi connectivity index (χ0n) is 17.1. The highest BCUT2D eigenvalue weighted by molar-refractivity contribution is 7.56. The number of benzene rings is 3. The predicted octanol–water partition coefficient (Wildman–Crippen LogP) is 6.70. The van der Waals surface area contributed by atoms with Crippen molar-refractivity contribution in [2.45, 2.75) is 38.5 Å². The molecular formula is C26H31O2P. The van der Waals surface area contributed by atoms with E-state index in [9.17, 15) is 0 Å². The summed E-state index contributed by atoms with van der Waals surface area (Å²) in [6, 6.07) is 31.7. The van der Waals surface area contributed by atoms with E-state index in [2.05, 4.69) is 84.9 Å². The summed E-state index contributed by atoms with van der Waals surface area (Å²) < 4.78 is 12.3. The second-order valence-electron chi connectivity index (χ2n) is 7.14. The molecule has 0 aromatic heterocycles. The molecule has 0 radical (unpaired) electrons. The molecule has 3 aromatic rings. The van der Waals surface area contributed by atoms with Crippen LogP contribution in [0.3, 0.4) is 0 Å². The maximum atomic E-state index is 6.17. The SMILES string of the molecule is c1ccc(CCCCOP(OCCCCc2ccccc2)c2ccccc2)cc1. The molecule has 0 amide bonds. The largest absolute Gasteiger partial charge is 0.331 e. The minimum Gasteiger partial charge on any atom is -0.331 e. The maximum absolute atomic E-state index is 6.17. The van der Waals surface area contributed by atoms with Gasteiger partial charge in [0.1, 0.15) is 0 Å². The van der Waals surface area contributed by atoms with Crippen molar-refractivity contribution in [3.05, 3.63) is 102 Å². The highest BCUT2D eigenvalue weighted by atomic mass is 31.2. The van der Waals surface area contributed by atoms with Crippen molar-refractivity contribution in [2.24, 2.45) is 0 Å². The smallest absolute Gasteiger partial charge is 0.205 e. The Balaban J connectivity index is 1.37. The van der Waals surface area contributed by atoms with Crippen LogP contribution < -0.4 is 5.30 Å². The average molecular weight is 407 g/mol. The first-order chi connectivity index (χ1) is 14.4. The Morgan fingerprint density at radius 2 is 0.897 bits per heavy atom. The molecule has 0 heterocycles. The van der Waals surface area contributed by atoms with Gasteiger partial charge in [-0.1, -0.05) is 78.9 Å². The second-order valence-corrected chi connectivity index (χ2v) is 8.69. The Kier molecular flexibility index (Phi) is 9.94. The van der Waals surface area contributed by atoms with Crippen LogP contribution in [0, 0.1) is 0 Å². The van der Waals surface area contributed by atoms with Gasteiger partial charge >= 0.3 is 0 Å². The van der Waals surface area contributed by atoms with Gasteiger partial charge in [-0.05, 0) is 61.8 Å². The lowest BCUT2D eigenvalue weighted by Crippen LogP contribution is -2.07. The Bertz CT molecular complexity index is 728. The van der Waals surface area contributed by atoms with Gasteiger partial charge in [-0.15, -0.1) is 0 Å². The van der Waals surface area contributed by atoms with Gasteiger partial charge in [0.2, 0.25) is 8.38 Å². The van der Waals surface area contributed by atoms with Gasteiger partial charge in [0, 0.05) is 5.30 Å². The zero-order chi connectivity index (χ0) is 20.0. The van der Waals surface area contributed by atoms with E-state index >= 15 is 0 Å². The fourth-order valence-corrected chi connectivity index (χ4v) is 4.56. The van der Waals surface area contributed by atoms with E-state index in [-0.39, 0.29) is 0 Å².